The van der Waals surface area contributed by atoms with Gasteiger partial charge in [0.25, 0.3) is 0 Å². The predicted molar refractivity (Wildman–Crippen MR) is 120 cm³/mol. The van der Waals surface area contributed by atoms with Gasteiger partial charge in [0.2, 0.25) is 5.91 Å². The summed E-state index contributed by atoms with van der Waals surface area (Å²) >= 11 is 1.55. The number of carbonyl (C=O) groups excluding carboxylic acids is 1. The van der Waals surface area contributed by atoms with Gasteiger partial charge in [-0.05, 0) is 49.6 Å². The van der Waals surface area contributed by atoms with E-state index in [-0.39, 0.29) is 23.2 Å². The molecule has 0 spiro atoms. The lowest BCUT2D eigenvalue weighted by atomic mass is 10.0. The number of aromatic nitrogens is 2. The maximum atomic E-state index is 13.3. The molecule has 0 saturated heterocycles. The summed E-state index contributed by atoms with van der Waals surface area (Å²) in [4.78, 5) is 17.7. The van der Waals surface area contributed by atoms with Crippen LogP contribution >= 0.6 is 11.8 Å². The van der Waals surface area contributed by atoms with Gasteiger partial charge >= 0.3 is 0 Å². The topological polar surface area (TPSA) is 46.9 Å². The van der Waals surface area contributed by atoms with Crippen LogP contribution in [-0.2, 0) is 4.79 Å². The quantitative estimate of drug-likeness (QED) is 0.442. The minimum Gasteiger partial charge on any atom is -0.351 e. The second-order valence-electron chi connectivity index (χ2n) is 7.22. The van der Waals surface area contributed by atoms with Gasteiger partial charge in [-0.15, -0.1) is 0 Å². The van der Waals surface area contributed by atoms with Gasteiger partial charge in [-0.2, -0.15) is 0 Å². The number of hydrogen-bond donors (Lipinski definition) is 1. The largest absolute Gasteiger partial charge is 0.351 e. The fourth-order valence-corrected chi connectivity index (χ4v) is 4.53. The Morgan fingerprint density at radius 2 is 1.79 bits per heavy atom. The smallest absolute Gasteiger partial charge is 0.234 e. The summed E-state index contributed by atoms with van der Waals surface area (Å²) in [6.07, 6.45) is 8.83. The molecule has 0 unspecified atom stereocenters. The van der Waals surface area contributed by atoms with E-state index in [9.17, 15) is 4.79 Å². The highest BCUT2D eigenvalue weighted by Crippen LogP contribution is 2.31. The lowest BCUT2D eigenvalue weighted by molar-refractivity contribution is -0.121. The number of amides is 1. The highest BCUT2D eigenvalue weighted by molar-refractivity contribution is 8.00. The number of pyridine rings is 1. The molecule has 0 aliphatic carbocycles. The Balaban J connectivity index is 1.77. The van der Waals surface area contributed by atoms with Crippen LogP contribution in [-0.4, -0.2) is 20.7 Å². The van der Waals surface area contributed by atoms with Crippen LogP contribution in [0.1, 0.15) is 50.8 Å². The first-order chi connectivity index (χ1) is 14.2. The van der Waals surface area contributed by atoms with Gasteiger partial charge in [-0.3, -0.25) is 4.79 Å². The SMILES string of the molecule is CCC[C@H](C[C@@H](Sc1ccccn1)C(=O)N[C@@H](C)c1ccccc1)n1cccc1. The Morgan fingerprint density at radius 1 is 1.07 bits per heavy atom. The predicted octanol–water partition coefficient (Wildman–Crippen LogP) is 5.65. The van der Waals surface area contributed by atoms with E-state index in [0.29, 0.717) is 0 Å². The molecule has 2 aromatic heterocycles. The minimum atomic E-state index is -0.213. The van der Waals surface area contributed by atoms with E-state index in [1.165, 1.54) is 0 Å². The van der Waals surface area contributed by atoms with Gasteiger partial charge in [0, 0.05) is 24.6 Å². The van der Waals surface area contributed by atoms with Crippen molar-refractivity contribution in [3.63, 3.8) is 0 Å². The Hall–Kier alpha value is -2.53. The van der Waals surface area contributed by atoms with Gasteiger partial charge in [0.1, 0.15) is 0 Å². The Labute approximate surface area is 177 Å². The first kappa shape index (κ1) is 21.2. The number of nitrogens with zero attached hydrogens (tertiary/aromatic N) is 2. The van der Waals surface area contributed by atoms with Crippen molar-refractivity contribution in [3.05, 3.63) is 84.8 Å². The second-order valence-corrected chi connectivity index (χ2v) is 8.45. The third-order valence-electron chi connectivity index (χ3n) is 5.01. The van der Waals surface area contributed by atoms with Crippen molar-refractivity contribution < 1.29 is 4.79 Å². The van der Waals surface area contributed by atoms with Gasteiger partial charge in [0.15, 0.2) is 0 Å². The van der Waals surface area contributed by atoms with E-state index in [2.05, 4.69) is 34.2 Å². The zero-order valence-electron chi connectivity index (χ0n) is 17.1. The summed E-state index contributed by atoms with van der Waals surface area (Å²) in [7, 11) is 0. The van der Waals surface area contributed by atoms with Crippen molar-refractivity contribution in [2.45, 2.75) is 55.5 Å². The van der Waals surface area contributed by atoms with E-state index in [4.69, 9.17) is 0 Å². The van der Waals surface area contributed by atoms with E-state index in [1.807, 2.05) is 67.6 Å². The second kappa shape index (κ2) is 10.9. The number of rotatable bonds is 10. The molecule has 0 bridgehead atoms. The zero-order chi connectivity index (χ0) is 20.5. The molecule has 1 aromatic carbocycles. The molecule has 0 aliphatic rings. The van der Waals surface area contributed by atoms with E-state index < -0.39 is 0 Å². The highest BCUT2D eigenvalue weighted by Gasteiger charge is 2.26. The molecule has 152 valence electrons. The minimum absolute atomic E-state index is 0.0354. The van der Waals surface area contributed by atoms with Gasteiger partial charge in [-0.1, -0.05) is 61.5 Å². The standard InChI is InChI=1S/C24H29N3OS/c1-3-11-21(27-16-9-10-17-27)18-22(29-23-14-7-8-15-25-23)24(28)26-19(2)20-12-5-4-6-13-20/h4-10,12-17,19,21-22H,3,11,18H2,1-2H3,(H,26,28)/t19-,21+,22+/m0/s1. The normalized spacial score (nSPS) is 14.1. The number of benzene rings is 1. The number of carbonyl (C=O) groups is 1. The average Bonchev–Trinajstić information content (AvgIpc) is 3.29. The van der Waals surface area contributed by atoms with Crippen molar-refractivity contribution in [1.82, 2.24) is 14.9 Å². The number of nitrogens with one attached hydrogen (secondary N) is 1. The van der Waals surface area contributed by atoms with E-state index in [0.717, 1.165) is 29.9 Å². The van der Waals surface area contributed by atoms with E-state index >= 15 is 0 Å². The lowest BCUT2D eigenvalue weighted by Crippen LogP contribution is -2.36. The molecule has 5 heteroatoms. The third-order valence-corrected chi connectivity index (χ3v) is 6.18. The van der Waals surface area contributed by atoms with Crippen LogP contribution in [0.25, 0.3) is 0 Å². The molecule has 0 saturated carbocycles. The van der Waals surface area contributed by atoms with Crippen molar-refractivity contribution in [2.24, 2.45) is 0 Å². The lowest BCUT2D eigenvalue weighted by Gasteiger charge is -2.25. The first-order valence-corrected chi connectivity index (χ1v) is 11.1. The van der Waals surface area contributed by atoms with Crippen molar-refractivity contribution in [3.8, 4) is 0 Å². The molecule has 2 heterocycles. The maximum absolute atomic E-state index is 13.3. The Kier molecular flexibility index (Phi) is 7.94. The Morgan fingerprint density at radius 3 is 2.45 bits per heavy atom. The highest BCUT2D eigenvalue weighted by atomic mass is 32.2. The van der Waals surface area contributed by atoms with Crippen LogP contribution in [0.2, 0.25) is 0 Å². The molecule has 3 aromatic rings. The summed E-state index contributed by atoms with van der Waals surface area (Å²) in [5.41, 5.74) is 1.11. The molecule has 4 nitrogen and oxygen atoms in total. The van der Waals surface area contributed by atoms with Crippen molar-refractivity contribution in [2.75, 3.05) is 0 Å². The third kappa shape index (κ3) is 6.23. The summed E-state index contributed by atoms with van der Waals surface area (Å²) < 4.78 is 2.23. The number of thioether (sulfide) groups is 1. The molecule has 0 fully saturated rings. The zero-order valence-corrected chi connectivity index (χ0v) is 17.9. The molecule has 3 rings (SSSR count). The fraction of sp³-hybridized carbons (Fsp3) is 0.333. The molecule has 0 radical (unpaired) electrons. The monoisotopic (exact) mass is 407 g/mol. The van der Waals surface area contributed by atoms with Gasteiger partial charge < -0.3 is 9.88 Å². The van der Waals surface area contributed by atoms with Crippen molar-refractivity contribution in [1.29, 1.82) is 0 Å². The van der Waals surface area contributed by atoms with E-state index in [1.54, 1.807) is 18.0 Å². The molecule has 1 N–H and O–H groups in total. The summed E-state index contributed by atoms with van der Waals surface area (Å²) in [5.74, 6) is 0.0604. The van der Waals surface area contributed by atoms with Crippen LogP contribution in [0, 0.1) is 0 Å². The molecule has 1 amide bonds. The van der Waals surface area contributed by atoms with Gasteiger partial charge in [-0.25, -0.2) is 4.98 Å². The molecular formula is C24H29N3OS. The van der Waals surface area contributed by atoms with Gasteiger partial charge in [0.05, 0.1) is 16.3 Å². The fourth-order valence-electron chi connectivity index (χ4n) is 3.46. The summed E-state index contributed by atoms with van der Waals surface area (Å²) in [6.45, 7) is 4.22. The maximum Gasteiger partial charge on any atom is 0.234 e. The van der Waals surface area contributed by atoms with Crippen LogP contribution in [0.4, 0.5) is 0 Å². The molecular weight excluding hydrogens is 378 g/mol. The first-order valence-electron chi connectivity index (χ1n) is 10.2. The molecule has 3 atom stereocenters. The number of hydrogen-bond acceptors (Lipinski definition) is 3. The summed E-state index contributed by atoms with van der Waals surface area (Å²) in [5, 5.41) is 3.88. The van der Waals surface area contributed by atoms with Crippen LogP contribution < -0.4 is 5.32 Å². The van der Waals surface area contributed by atoms with Crippen molar-refractivity contribution >= 4 is 17.7 Å². The molecule has 0 aliphatic heterocycles. The molecule has 29 heavy (non-hydrogen) atoms. The average molecular weight is 408 g/mol. The Bertz CT molecular complexity index is 852. The van der Waals surface area contributed by atoms with Crippen LogP contribution in [0.5, 0.6) is 0 Å². The van der Waals surface area contributed by atoms with Crippen LogP contribution in [0.3, 0.4) is 0 Å². The summed E-state index contributed by atoms with van der Waals surface area (Å²) in [6, 6.07) is 20.3. The van der Waals surface area contributed by atoms with Crippen LogP contribution in [0.15, 0.2) is 84.3 Å².